The standard InChI is InChI=1S/C17H26N4/c1-6-21-15(11-12(2)20-21)16(19-18)13-7-9-14(10-8-13)17(3,4)5/h7-11,16,19H,6,18H2,1-5H3. The molecule has 0 saturated heterocycles. The van der Waals surface area contributed by atoms with Gasteiger partial charge in [0.2, 0.25) is 0 Å². The van der Waals surface area contributed by atoms with Gasteiger partial charge in [-0.25, -0.2) is 5.43 Å². The zero-order chi connectivity index (χ0) is 15.6. The van der Waals surface area contributed by atoms with Crippen LogP contribution in [0.25, 0.3) is 0 Å². The Morgan fingerprint density at radius 1 is 1.24 bits per heavy atom. The molecule has 0 saturated carbocycles. The molecule has 1 aromatic carbocycles. The van der Waals surface area contributed by atoms with Crippen LogP contribution >= 0.6 is 0 Å². The van der Waals surface area contributed by atoms with Crippen LogP contribution in [-0.4, -0.2) is 9.78 Å². The molecule has 114 valence electrons. The number of nitrogens with one attached hydrogen (secondary N) is 1. The highest BCUT2D eigenvalue weighted by Gasteiger charge is 2.19. The summed E-state index contributed by atoms with van der Waals surface area (Å²) in [6, 6.07) is 10.7. The Hall–Kier alpha value is -1.65. The van der Waals surface area contributed by atoms with E-state index in [0.29, 0.717) is 0 Å². The molecule has 0 aliphatic carbocycles. The van der Waals surface area contributed by atoms with Gasteiger partial charge in [0.05, 0.1) is 17.4 Å². The Kier molecular flexibility index (Phi) is 4.49. The first-order valence-corrected chi connectivity index (χ1v) is 7.47. The van der Waals surface area contributed by atoms with Gasteiger partial charge in [0.15, 0.2) is 0 Å². The Morgan fingerprint density at radius 2 is 1.86 bits per heavy atom. The fourth-order valence-corrected chi connectivity index (χ4v) is 2.58. The lowest BCUT2D eigenvalue weighted by molar-refractivity contribution is 0.541. The average Bonchev–Trinajstić information content (AvgIpc) is 2.80. The number of rotatable bonds is 4. The third-order valence-electron chi connectivity index (χ3n) is 3.81. The highest BCUT2D eigenvalue weighted by molar-refractivity contribution is 5.33. The van der Waals surface area contributed by atoms with Gasteiger partial charge in [0, 0.05) is 6.54 Å². The van der Waals surface area contributed by atoms with Gasteiger partial charge in [-0.2, -0.15) is 5.10 Å². The van der Waals surface area contributed by atoms with Gasteiger partial charge in [-0.3, -0.25) is 10.5 Å². The number of nitrogens with zero attached hydrogens (tertiary/aromatic N) is 2. The van der Waals surface area contributed by atoms with Crippen molar-refractivity contribution in [3.8, 4) is 0 Å². The summed E-state index contributed by atoms with van der Waals surface area (Å²) in [6.45, 7) is 11.6. The van der Waals surface area contributed by atoms with E-state index in [1.165, 1.54) is 5.56 Å². The number of aryl methyl sites for hydroxylation is 2. The molecule has 4 nitrogen and oxygen atoms in total. The minimum atomic E-state index is -0.0415. The molecule has 2 aromatic rings. The third-order valence-corrected chi connectivity index (χ3v) is 3.81. The van der Waals surface area contributed by atoms with Gasteiger partial charge in [0.25, 0.3) is 0 Å². The summed E-state index contributed by atoms with van der Waals surface area (Å²) in [5.74, 6) is 5.80. The van der Waals surface area contributed by atoms with Crippen LogP contribution in [0.5, 0.6) is 0 Å². The van der Waals surface area contributed by atoms with Crippen LogP contribution in [0.15, 0.2) is 30.3 Å². The molecule has 0 spiro atoms. The Balaban J connectivity index is 2.37. The summed E-state index contributed by atoms with van der Waals surface area (Å²) in [5.41, 5.74) is 7.66. The first-order chi connectivity index (χ1) is 9.86. The summed E-state index contributed by atoms with van der Waals surface area (Å²) in [5, 5.41) is 4.50. The zero-order valence-electron chi connectivity index (χ0n) is 13.6. The lowest BCUT2D eigenvalue weighted by Crippen LogP contribution is -2.30. The van der Waals surface area contributed by atoms with E-state index in [0.717, 1.165) is 23.5 Å². The topological polar surface area (TPSA) is 55.9 Å². The van der Waals surface area contributed by atoms with E-state index in [2.05, 4.69) is 68.6 Å². The molecule has 1 atom stereocenters. The van der Waals surface area contributed by atoms with Crippen LogP contribution in [-0.2, 0) is 12.0 Å². The molecule has 3 N–H and O–H groups in total. The fraction of sp³-hybridized carbons (Fsp3) is 0.471. The van der Waals surface area contributed by atoms with E-state index in [-0.39, 0.29) is 11.5 Å². The molecule has 2 rings (SSSR count). The molecule has 0 bridgehead atoms. The summed E-state index contributed by atoms with van der Waals surface area (Å²) in [6.07, 6.45) is 0. The van der Waals surface area contributed by atoms with Crippen LogP contribution in [0.1, 0.15) is 56.3 Å². The van der Waals surface area contributed by atoms with Crippen molar-refractivity contribution >= 4 is 0 Å². The molecule has 0 aliphatic rings. The molecule has 0 radical (unpaired) electrons. The second-order valence-electron chi connectivity index (χ2n) is 6.50. The second kappa shape index (κ2) is 6.00. The lowest BCUT2D eigenvalue weighted by Gasteiger charge is -2.22. The van der Waals surface area contributed by atoms with Crippen LogP contribution in [0, 0.1) is 6.92 Å². The number of hydrogen-bond donors (Lipinski definition) is 2. The van der Waals surface area contributed by atoms with Crippen molar-refractivity contribution in [1.29, 1.82) is 0 Å². The summed E-state index contributed by atoms with van der Waals surface area (Å²) < 4.78 is 2.00. The molecule has 4 heteroatoms. The van der Waals surface area contributed by atoms with Gasteiger partial charge in [-0.05, 0) is 36.5 Å². The van der Waals surface area contributed by atoms with Gasteiger partial charge in [-0.1, -0.05) is 45.0 Å². The molecule has 1 aromatic heterocycles. The van der Waals surface area contributed by atoms with E-state index in [4.69, 9.17) is 5.84 Å². The first kappa shape index (κ1) is 15.7. The minimum absolute atomic E-state index is 0.0415. The molecular weight excluding hydrogens is 260 g/mol. The maximum absolute atomic E-state index is 5.80. The molecular formula is C17H26N4. The Labute approximate surface area is 127 Å². The summed E-state index contributed by atoms with van der Waals surface area (Å²) in [7, 11) is 0. The zero-order valence-corrected chi connectivity index (χ0v) is 13.6. The first-order valence-electron chi connectivity index (χ1n) is 7.47. The maximum atomic E-state index is 5.80. The van der Waals surface area contributed by atoms with Crippen molar-refractivity contribution in [3.05, 3.63) is 52.8 Å². The van der Waals surface area contributed by atoms with Crippen molar-refractivity contribution in [2.75, 3.05) is 0 Å². The SMILES string of the molecule is CCn1nc(C)cc1C(NN)c1ccc(C(C)(C)C)cc1. The van der Waals surface area contributed by atoms with Gasteiger partial charge in [-0.15, -0.1) is 0 Å². The summed E-state index contributed by atoms with van der Waals surface area (Å²) >= 11 is 0. The number of hydrogen-bond acceptors (Lipinski definition) is 3. The van der Waals surface area contributed by atoms with E-state index in [1.807, 2.05) is 11.6 Å². The summed E-state index contributed by atoms with van der Waals surface area (Å²) in [4.78, 5) is 0. The smallest absolute Gasteiger partial charge is 0.0878 e. The Bertz CT molecular complexity index is 590. The molecule has 21 heavy (non-hydrogen) atoms. The van der Waals surface area contributed by atoms with Crippen LogP contribution in [0.2, 0.25) is 0 Å². The van der Waals surface area contributed by atoms with Crippen molar-refractivity contribution in [1.82, 2.24) is 15.2 Å². The van der Waals surface area contributed by atoms with E-state index >= 15 is 0 Å². The second-order valence-corrected chi connectivity index (χ2v) is 6.50. The van der Waals surface area contributed by atoms with E-state index in [9.17, 15) is 0 Å². The highest BCUT2D eigenvalue weighted by atomic mass is 15.3. The monoisotopic (exact) mass is 286 g/mol. The maximum Gasteiger partial charge on any atom is 0.0878 e. The van der Waals surface area contributed by atoms with E-state index < -0.39 is 0 Å². The third kappa shape index (κ3) is 3.34. The molecule has 0 amide bonds. The van der Waals surface area contributed by atoms with E-state index in [1.54, 1.807) is 0 Å². The number of hydrazine groups is 1. The molecule has 1 heterocycles. The highest BCUT2D eigenvalue weighted by Crippen LogP contribution is 2.26. The van der Waals surface area contributed by atoms with Crippen LogP contribution in [0.4, 0.5) is 0 Å². The predicted molar refractivity (Wildman–Crippen MR) is 86.9 cm³/mol. The van der Waals surface area contributed by atoms with Crippen LogP contribution < -0.4 is 11.3 Å². The Morgan fingerprint density at radius 3 is 2.33 bits per heavy atom. The largest absolute Gasteiger partial charge is 0.271 e. The quantitative estimate of drug-likeness (QED) is 0.671. The number of benzene rings is 1. The van der Waals surface area contributed by atoms with Gasteiger partial charge in [0.1, 0.15) is 0 Å². The number of aromatic nitrogens is 2. The minimum Gasteiger partial charge on any atom is -0.271 e. The molecule has 1 unspecified atom stereocenters. The van der Waals surface area contributed by atoms with Crippen molar-refractivity contribution in [2.45, 2.75) is 52.6 Å². The lowest BCUT2D eigenvalue weighted by atomic mass is 9.86. The van der Waals surface area contributed by atoms with Crippen LogP contribution in [0.3, 0.4) is 0 Å². The molecule has 0 aliphatic heterocycles. The van der Waals surface area contributed by atoms with Gasteiger partial charge >= 0.3 is 0 Å². The molecule has 0 fully saturated rings. The van der Waals surface area contributed by atoms with Crippen molar-refractivity contribution in [2.24, 2.45) is 5.84 Å². The van der Waals surface area contributed by atoms with Crippen molar-refractivity contribution in [3.63, 3.8) is 0 Å². The fourth-order valence-electron chi connectivity index (χ4n) is 2.58. The predicted octanol–water partition coefficient (Wildman–Crippen LogP) is 3.06. The van der Waals surface area contributed by atoms with Crippen molar-refractivity contribution < 1.29 is 0 Å². The average molecular weight is 286 g/mol. The normalized spacial score (nSPS) is 13.4. The number of nitrogens with two attached hydrogens (primary N) is 1. The van der Waals surface area contributed by atoms with Gasteiger partial charge < -0.3 is 0 Å².